The lowest BCUT2D eigenvalue weighted by molar-refractivity contribution is 0.181. The van der Waals surface area contributed by atoms with Crippen LogP contribution in [-0.2, 0) is 17.9 Å². The lowest BCUT2D eigenvalue weighted by Gasteiger charge is -2.19. The average molecular weight is 270 g/mol. The van der Waals surface area contributed by atoms with Crippen molar-refractivity contribution in [2.24, 2.45) is 5.73 Å². The number of aromatic nitrogens is 1. The minimum Gasteiger partial charge on any atom is -0.378 e. The van der Waals surface area contributed by atoms with Crippen molar-refractivity contribution in [1.82, 2.24) is 9.88 Å². The molecule has 1 aromatic rings. The molecule has 1 aliphatic rings. The number of anilines is 1. The van der Waals surface area contributed by atoms with Gasteiger partial charge in [-0.1, -0.05) is 0 Å². The number of ether oxygens (including phenoxy) is 1. The van der Waals surface area contributed by atoms with E-state index in [-0.39, 0.29) is 0 Å². The standard InChI is InChI=1S/C12H22N4OS/c1-15-4-3-5-16(7-6-15)12-14-10(9-17-2)11(8-13)18-12/h3-9,13H2,1-2H3. The fraction of sp³-hybridized carbons (Fsp3) is 0.750. The van der Waals surface area contributed by atoms with Crippen LogP contribution in [-0.4, -0.2) is 50.2 Å². The molecule has 1 aliphatic heterocycles. The maximum atomic E-state index is 5.76. The Morgan fingerprint density at radius 1 is 1.33 bits per heavy atom. The Labute approximate surface area is 113 Å². The number of rotatable bonds is 4. The summed E-state index contributed by atoms with van der Waals surface area (Å²) >= 11 is 1.71. The predicted octanol–water partition coefficient (Wildman–Crippen LogP) is 0.890. The summed E-state index contributed by atoms with van der Waals surface area (Å²) in [4.78, 5) is 10.6. The van der Waals surface area contributed by atoms with E-state index in [1.807, 2.05) is 0 Å². The first-order chi connectivity index (χ1) is 8.74. The Morgan fingerprint density at radius 2 is 2.17 bits per heavy atom. The molecule has 0 bridgehead atoms. The SMILES string of the molecule is COCc1nc(N2CCCN(C)CC2)sc1CN. The molecule has 1 aromatic heterocycles. The fourth-order valence-corrected chi connectivity index (χ4v) is 3.15. The number of hydrogen-bond acceptors (Lipinski definition) is 6. The number of methoxy groups -OCH3 is 1. The summed E-state index contributed by atoms with van der Waals surface area (Å²) < 4.78 is 5.17. The average Bonchev–Trinajstić information content (AvgIpc) is 2.64. The van der Waals surface area contributed by atoms with Crippen molar-refractivity contribution in [3.8, 4) is 0 Å². The van der Waals surface area contributed by atoms with Crippen LogP contribution < -0.4 is 10.6 Å². The molecule has 6 heteroatoms. The van der Waals surface area contributed by atoms with E-state index < -0.39 is 0 Å². The van der Waals surface area contributed by atoms with Crippen LogP contribution in [0.1, 0.15) is 17.0 Å². The highest BCUT2D eigenvalue weighted by Gasteiger charge is 2.18. The van der Waals surface area contributed by atoms with Crippen LogP contribution >= 0.6 is 11.3 Å². The van der Waals surface area contributed by atoms with Crippen LogP contribution in [0.3, 0.4) is 0 Å². The van der Waals surface area contributed by atoms with Gasteiger partial charge in [0.15, 0.2) is 5.13 Å². The number of nitrogens with zero attached hydrogens (tertiary/aromatic N) is 3. The van der Waals surface area contributed by atoms with Crippen LogP contribution in [0.2, 0.25) is 0 Å². The van der Waals surface area contributed by atoms with Gasteiger partial charge in [-0.25, -0.2) is 4.98 Å². The van der Waals surface area contributed by atoms with Crippen LogP contribution in [0, 0.1) is 0 Å². The van der Waals surface area contributed by atoms with Gasteiger partial charge < -0.3 is 20.3 Å². The van der Waals surface area contributed by atoms with E-state index in [4.69, 9.17) is 10.5 Å². The summed E-state index contributed by atoms with van der Waals surface area (Å²) in [5.41, 5.74) is 6.76. The number of nitrogens with two attached hydrogens (primary N) is 1. The van der Waals surface area contributed by atoms with Crippen LogP contribution in [0.4, 0.5) is 5.13 Å². The zero-order valence-electron chi connectivity index (χ0n) is 11.2. The Hall–Kier alpha value is -0.690. The first-order valence-corrected chi connectivity index (χ1v) is 7.17. The van der Waals surface area contributed by atoms with Crippen molar-refractivity contribution in [2.45, 2.75) is 19.6 Å². The van der Waals surface area contributed by atoms with Gasteiger partial charge in [0.05, 0.1) is 12.3 Å². The fourth-order valence-electron chi connectivity index (χ4n) is 2.15. The Bertz CT molecular complexity index is 382. The van der Waals surface area contributed by atoms with Crippen molar-refractivity contribution >= 4 is 16.5 Å². The summed E-state index contributed by atoms with van der Waals surface area (Å²) in [6.07, 6.45) is 1.19. The second kappa shape index (κ2) is 6.47. The van der Waals surface area contributed by atoms with Gasteiger partial charge >= 0.3 is 0 Å². The zero-order chi connectivity index (χ0) is 13.0. The molecule has 0 aliphatic carbocycles. The molecule has 102 valence electrons. The van der Waals surface area contributed by atoms with Gasteiger partial charge in [0.25, 0.3) is 0 Å². The van der Waals surface area contributed by atoms with Gasteiger partial charge in [-0.05, 0) is 20.0 Å². The third-order valence-corrected chi connectivity index (χ3v) is 4.40. The molecule has 0 radical (unpaired) electrons. The molecule has 1 saturated heterocycles. The van der Waals surface area contributed by atoms with E-state index in [1.165, 1.54) is 6.42 Å². The minimum atomic E-state index is 0.546. The topological polar surface area (TPSA) is 54.6 Å². The molecule has 0 unspecified atom stereocenters. The maximum Gasteiger partial charge on any atom is 0.185 e. The Kier molecular flexibility index (Phi) is 4.94. The van der Waals surface area contributed by atoms with Crippen molar-refractivity contribution in [3.63, 3.8) is 0 Å². The maximum absolute atomic E-state index is 5.76. The summed E-state index contributed by atoms with van der Waals surface area (Å²) in [5.74, 6) is 0. The molecule has 18 heavy (non-hydrogen) atoms. The molecule has 1 fully saturated rings. The molecule has 0 saturated carbocycles. The lowest BCUT2D eigenvalue weighted by atomic mass is 10.4. The second-order valence-electron chi connectivity index (χ2n) is 4.65. The number of hydrogen-bond donors (Lipinski definition) is 1. The van der Waals surface area contributed by atoms with Gasteiger partial charge in [0, 0.05) is 38.2 Å². The summed E-state index contributed by atoms with van der Waals surface area (Å²) in [6.45, 7) is 5.48. The van der Waals surface area contributed by atoms with E-state index in [2.05, 4.69) is 21.8 Å². The second-order valence-corrected chi connectivity index (χ2v) is 5.71. The van der Waals surface area contributed by atoms with Gasteiger partial charge in [0.1, 0.15) is 0 Å². The molecular formula is C12H22N4OS. The van der Waals surface area contributed by atoms with Crippen molar-refractivity contribution in [2.75, 3.05) is 45.2 Å². The first kappa shape index (κ1) is 13.7. The van der Waals surface area contributed by atoms with Gasteiger partial charge in [-0.3, -0.25) is 0 Å². The van der Waals surface area contributed by atoms with Crippen LogP contribution in [0.5, 0.6) is 0 Å². The smallest absolute Gasteiger partial charge is 0.185 e. The van der Waals surface area contributed by atoms with Crippen molar-refractivity contribution in [1.29, 1.82) is 0 Å². The summed E-state index contributed by atoms with van der Waals surface area (Å²) in [5, 5.41) is 1.10. The Balaban J connectivity index is 2.11. The highest BCUT2D eigenvalue weighted by Crippen LogP contribution is 2.27. The molecular weight excluding hydrogens is 248 g/mol. The highest BCUT2D eigenvalue weighted by atomic mass is 32.1. The molecule has 5 nitrogen and oxygen atoms in total. The third kappa shape index (κ3) is 3.20. The monoisotopic (exact) mass is 270 g/mol. The molecule has 0 atom stereocenters. The van der Waals surface area contributed by atoms with Gasteiger partial charge in [0.2, 0.25) is 0 Å². The molecule has 2 N–H and O–H groups in total. The minimum absolute atomic E-state index is 0.546. The lowest BCUT2D eigenvalue weighted by Crippen LogP contribution is -2.28. The normalized spacial score (nSPS) is 18.1. The number of likely N-dealkylation sites (N-methyl/N-ethyl adjacent to an activating group) is 1. The third-order valence-electron chi connectivity index (χ3n) is 3.22. The molecule has 2 rings (SSSR count). The van der Waals surface area contributed by atoms with E-state index in [1.54, 1.807) is 18.4 Å². The van der Waals surface area contributed by atoms with E-state index >= 15 is 0 Å². The highest BCUT2D eigenvalue weighted by molar-refractivity contribution is 7.15. The quantitative estimate of drug-likeness (QED) is 0.880. The Morgan fingerprint density at radius 3 is 2.89 bits per heavy atom. The van der Waals surface area contributed by atoms with Gasteiger partial charge in [-0.15, -0.1) is 11.3 Å². The van der Waals surface area contributed by atoms with Crippen LogP contribution in [0.15, 0.2) is 0 Å². The molecule has 0 aromatic carbocycles. The van der Waals surface area contributed by atoms with Crippen molar-refractivity contribution in [3.05, 3.63) is 10.6 Å². The molecule has 0 amide bonds. The van der Waals surface area contributed by atoms with E-state index in [0.29, 0.717) is 13.2 Å². The first-order valence-electron chi connectivity index (χ1n) is 6.35. The number of thiazole rings is 1. The zero-order valence-corrected chi connectivity index (χ0v) is 12.0. The summed E-state index contributed by atoms with van der Waals surface area (Å²) in [6, 6.07) is 0. The van der Waals surface area contributed by atoms with E-state index in [9.17, 15) is 0 Å². The summed E-state index contributed by atoms with van der Waals surface area (Å²) in [7, 11) is 3.87. The van der Waals surface area contributed by atoms with Crippen LogP contribution in [0.25, 0.3) is 0 Å². The molecule has 0 spiro atoms. The van der Waals surface area contributed by atoms with Gasteiger partial charge in [-0.2, -0.15) is 0 Å². The molecule has 2 heterocycles. The largest absolute Gasteiger partial charge is 0.378 e. The van der Waals surface area contributed by atoms with Crippen molar-refractivity contribution < 1.29 is 4.74 Å². The predicted molar refractivity (Wildman–Crippen MR) is 75.0 cm³/mol. The van der Waals surface area contributed by atoms with E-state index in [0.717, 1.165) is 41.9 Å².